The minimum absolute atomic E-state index is 0.0177. The molecule has 3 fully saturated rings. The van der Waals surface area contributed by atoms with E-state index in [9.17, 15) is 33.6 Å². The van der Waals surface area contributed by atoms with Gasteiger partial charge in [-0.2, -0.15) is 5.10 Å². The van der Waals surface area contributed by atoms with Crippen molar-refractivity contribution in [1.82, 2.24) is 35.7 Å². The first kappa shape index (κ1) is 49.1. The van der Waals surface area contributed by atoms with E-state index >= 15 is 4.39 Å². The SMILES string of the molecule is [2H]C1([2H])[C@H](C(=O)Nc2ccc(CNC(=O)c3ccc(N4CCN(C(=O)CCSSC(C)(C)CC(=O)N/N=C(\C)c5cnc(OCCCC(=O)ON6C(=O)CCC6=O)nc5)CC4)cc3)c(F)c2)[C@H]1c1cccnc1. The quantitative estimate of drug-likeness (QED) is 0.0287. The number of hydrogen-bond acceptors (Lipinski definition) is 16. The van der Waals surface area contributed by atoms with E-state index in [4.69, 9.17) is 12.3 Å². The topological polar surface area (TPSA) is 235 Å². The van der Waals surface area contributed by atoms with Crippen molar-refractivity contribution >= 4 is 80.1 Å². The average molecular weight is 1010 g/mol. The zero-order chi connectivity index (χ0) is 52.3. The molecule has 0 bridgehead atoms. The van der Waals surface area contributed by atoms with Crippen LogP contribution in [0.25, 0.3) is 0 Å². The predicted molar refractivity (Wildman–Crippen MR) is 264 cm³/mol. The predicted octanol–water partition coefficient (Wildman–Crippen LogP) is 5.58. The summed E-state index contributed by atoms with van der Waals surface area (Å²) >= 11 is 0. The van der Waals surface area contributed by atoms with Crippen LogP contribution in [0.4, 0.5) is 15.8 Å². The van der Waals surface area contributed by atoms with Crippen LogP contribution in [-0.2, 0) is 40.1 Å². The normalized spacial score (nSPS) is 18.0. The number of hydrogen-bond donors (Lipinski definition) is 3. The number of amides is 6. The van der Waals surface area contributed by atoms with E-state index in [1.165, 1.54) is 52.3 Å². The second-order valence-electron chi connectivity index (χ2n) is 17.4. The lowest BCUT2D eigenvalue weighted by Gasteiger charge is -2.36. The molecule has 3 N–H and O–H groups in total. The Hall–Kier alpha value is -6.94. The first-order valence-electron chi connectivity index (χ1n) is 23.9. The van der Waals surface area contributed by atoms with E-state index in [1.807, 2.05) is 30.9 Å². The number of aromatic nitrogens is 3. The summed E-state index contributed by atoms with van der Waals surface area (Å²) in [6.07, 6.45) is 5.04. The molecule has 2 aromatic carbocycles. The molecule has 19 nitrogen and oxygen atoms in total. The Balaban J connectivity index is 0.743. The molecule has 71 heavy (non-hydrogen) atoms. The molecule has 4 heterocycles. The third-order valence-electron chi connectivity index (χ3n) is 11.4. The fourth-order valence-corrected chi connectivity index (χ4v) is 9.92. The van der Waals surface area contributed by atoms with Gasteiger partial charge in [0.25, 0.3) is 17.7 Å². The number of hydroxylamine groups is 2. The molecule has 2 aromatic heterocycles. The number of pyridine rings is 1. The molecule has 0 spiro atoms. The standard InChI is InChI=1S/C49H55FN10O9S2/c1-31(35-29-53-48(54-30-35)68-22-5-7-45(65)69-60-43(63)14-15-44(60)64)56-57-41(61)26-49(2,3)71-70-23-16-42(62)59-20-18-58(19-21-59)37-12-9-32(10-13-37)46(66)52-28-34-8-11-36(24-40(34)50)55-47(67)39-25-38(39)33-6-4-17-51-27-33/h4,6,8-13,17,24,27,29-30,38-39H,5,7,14-16,18-23,25-26,28H2,1-3H3,(H,52,66)(H,55,67)(H,57,61)/b56-31+/t38-,39+/m1/s1/i25D2. The van der Waals surface area contributed by atoms with E-state index in [0.29, 0.717) is 65.8 Å². The van der Waals surface area contributed by atoms with Crippen LogP contribution in [0.1, 0.15) is 101 Å². The van der Waals surface area contributed by atoms with Gasteiger partial charge in [-0.3, -0.25) is 33.8 Å². The third kappa shape index (κ3) is 15.0. The van der Waals surface area contributed by atoms with Crippen molar-refractivity contribution in [1.29, 1.82) is 0 Å². The highest BCUT2D eigenvalue weighted by Gasteiger charge is 2.44. The van der Waals surface area contributed by atoms with Gasteiger partial charge in [-0.1, -0.05) is 33.7 Å². The summed E-state index contributed by atoms with van der Waals surface area (Å²) in [6.45, 7) is 7.89. The molecular weight excluding hydrogens is 956 g/mol. The Morgan fingerprint density at radius 1 is 0.944 bits per heavy atom. The number of halogens is 1. The van der Waals surface area contributed by atoms with Crippen LogP contribution in [0.2, 0.25) is 0 Å². The van der Waals surface area contributed by atoms with Gasteiger partial charge >= 0.3 is 12.0 Å². The zero-order valence-corrected chi connectivity index (χ0v) is 41.0. The van der Waals surface area contributed by atoms with E-state index in [-0.39, 0.29) is 74.3 Å². The molecular formula is C49H55FN10O9S2. The Labute approximate surface area is 420 Å². The van der Waals surface area contributed by atoms with E-state index in [1.54, 1.807) is 37.4 Å². The molecule has 7 rings (SSSR count). The van der Waals surface area contributed by atoms with Crippen LogP contribution in [0, 0.1) is 11.7 Å². The van der Waals surface area contributed by atoms with Gasteiger partial charge in [0, 0.05) is 130 Å². The monoisotopic (exact) mass is 1010 g/mol. The van der Waals surface area contributed by atoms with Gasteiger partial charge in [0.1, 0.15) is 5.82 Å². The molecule has 1 saturated carbocycles. The van der Waals surface area contributed by atoms with Crippen molar-refractivity contribution in [2.45, 2.75) is 82.9 Å². The second-order valence-corrected chi connectivity index (χ2v) is 20.5. The average Bonchev–Trinajstić information content (AvgIpc) is 3.84. The first-order chi connectivity index (χ1) is 34.9. The summed E-state index contributed by atoms with van der Waals surface area (Å²) in [5.41, 5.74) is 5.90. The summed E-state index contributed by atoms with van der Waals surface area (Å²) in [5, 5.41) is 10.0. The number of piperazine rings is 1. The lowest BCUT2D eigenvalue weighted by atomic mass is 10.1. The summed E-state index contributed by atoms with van der Waals surface area (Å²) in [5.74, 6) is -4.64. The van der Waals surface area contributed by atoms with Gasteiger partial charge in [-0.25, -0.2) is 24.6 Å². The van der Waals surface area contributed by atoms with Crippen LogP contribution in [0.15, 0.2) is 84.5 Å². The fourth-order valence-electron chi connectivity index (χ4n) is 7.43. The van der Waals surface area contributed by atoms with Crippen molar-refractivity contribution in [3.8, 4) is 6.01 Å². The second kappa shape index (κ2) is 24.3. The maximum atomic E-state index is 15.1. The molecule has 6 amide bonds. The van der Waals surface area contributed by atoms with Gasteiger partial charge < -0.3 is 30.0 Å². The number of nitrogens with one attached hydrogen (secondary N) is 3. The van der Waals surface area contributed by atoms with Crippen molar-refractivity contribution < 1.29 is 50.3 Å². The molecule has 374 valence electrons. The highest BCUT2D eigenvalue weighted by Crippen LogP contribution is 2.47. The Morgan fingerprint density at radius 2 is 1.68 bits per heavy atom. The Bertz CT molecular complexity index is 2700. The summed E-state index contributed by atoms with van der Waals surface area (Å²) in [6, 6.07) is 14.7. The lowest BCUT2D eigenvalue weighted by molar-refractivity contribution is -0.197. The lowest BCUT2D eigenvalue weighted by Crippen LogP contribution is -2.48. The van der Waals surface area contributed by atoms with Gasteiger partial charge in [0.05, 0.1) is 18.7 Å². The van der Waals surface area contributed by atoms with E-state index in [0.717, 1.165) is 11.8 Å². The Kier molecular flexibility index (Phi) is 16.8. The molecule has 0 unspecified atom stereocenters. The highest BCUT2D eigenvalue weighted by molar-refractivity contribution is 8.77. The number of ether oxygens (including phenoxy) is 1. The number of carbonyl (C=O) groups excluding carboxylic acids is 7. The van der Waals surface area contributed by atoms with Crippen LogP contribution in [-0.4, -0.2) is 115 Å². The summed E-state index contributed by atoms with van der Waals surface area (Å²) in [7, 11) is 3.05. The molecule has 0 radical (unpaired) electrons. The number of imide groups is 1. The number of nitrogens with zero attached hydrogens (tertiary/aromatic N) is 7. The highest BCUT2D eigenvalue weighted by atomic mass is 33.1. The van der Waals surface area contributed by atoms with Gasteiger partial charge in [0.15, 0.2) is 0 Å². The van der Waals surface area contributed by atoms with Crippen molar-refractivity contribution in [2.24, 2.45) is 11.0 Å². The van der Waals surface area contributed by atoms with Crippen LogP contribution in [0.3, 0.4) is 0 Å². The molecule has 2 atom stereocenters. The van der Waals surface area contributed by atoms with Gasteiger partial charge in [-0.05, 0) is 87.5 Å². The smallest absolute Gasteiger partial charge is 0.333 e. The number of hydrazone groups is 1. The summed E-state index contributed by atoms with van der Waals surface area (Å²) in [4.78, 5) is 108. The van der Waals surface area contributed by atoms with E-state index < -0.39 is 58.4 Å². The van der Waals surface area contributed by atoms with Crippen LogP contribution in [0.5, 0.6) is 6.01 Å². The minimum Gasteiger partial charge on any atom is -0.463 e. The maximum Gasteiger partial charge on any atom is 0.333 e. The molecule has 2 saturated heterocycles. The number of anilines is 2. The van der Waals surface area contributed by atoms with Crippen molar-refractivity contribution in [2.75, 3.05) is 48.8 Å². The fraction of sp³-hybridized carbons (Fsp3) is 0.408. The van der Waals surface area contributed by atoms with Crippen molar-refractivity contribution in [3.05, 3.63) is 107 Å². The minimum atomic E-state index is -1.75. The molecule has 4 aromatic rings. The van der Waals surface area contributed by atoms with Crippen molar-refractivity contribution in [3.63, 3.8) is 0 Å². The molecule has 2 aliphatic heterocycles. The number of carbonyl (C=O) groups is 7. The third-order valence-corrected chi connectivity index (χ3v) is 14.7. The molecule has 3 aliphatic rings. The number of benzene rings is 2. The van der Waals surface area contributed by atoms with Gasteiger partial charge in [0.2, 0.25) is 17.7 Å². The number of rotatable bonds is 22. The first-order valence-corrected chi connectivity index (χ1v) is 25.3. The zero-order valence-electron chi connectivity index (χ0n) is 41.4. The summed E-state index contributed by atoms with van der Waals surface area (Å²) < 4.78 is 36.6. The largest absolute Gasteiger partial charge is 0.463 e. The molecule has 22 heteroatoms. The van der Waals surface area contributed by atoms with E-state index in [2.05, 4.69) is 41.0 Å². The van der Waals surface area contributed by atoms with Crippen LogP contribution >= 0.6 is 21.6 Å². The molecule has 1 aliphatic carbocycles. The Morgan fingerprint density at radius 3 is 2.37 bits per heavy atom. The van der Waals surface area contributed by atoms with Gasteiger partial charge in [-0.15, -0.1) is 5.06 Å². The van der Waals surface area contributed by atoms with Crippen LogP contribution < -0.4 is 25.7 Å². The maximum absolute atomic E-state index is 15.1.